The van der Waals surface area contributed by atoms with Gasteiger partial charge in [-0.3, -0.25) is 0 Å². The molecule has 0 aliphatic heterocycles. The first-order chi connectivity index (χ1) is 36.1. The molecule has 0 spiro atoms. The van der Waals surface area contributed by atoms with E-state index in [0.29, 0.717) is 5.92 Å². The quantitative estimate of drug-likeness (QED) is 0.143. The normalized spacial score (nSPS) is 14.5. The minimum atomic E-state index is 0.235. The summed E-state index contributed by atoms with van der Waals surface area (Å²) < 4.78 is 4.91. The lowest BCUT2D eigenvalue weighted by atomic mass is 9.96. The number of nitrogens with zero attached hydrogens (tertiary/aromatic N) is 4. The number of benzene rings is 11. The molecule has 2 heterocycles. The van der Waals surface area contributed by atoms with Gasteiger partial charge in [0.25, 0.3) is 0 Å². The largest absolute Gasteiger partial charge is 0.333 e. The van der Waals surface area contributed by atoms with Gasteiger partial charge in [0.15, 0.2) is 0 Å². The van der Waals surface area contributed by atoms with Crippen molar-refractivity contribution in [2.45, 2.75) is 13.0 Å². The third-order valence-corrected chi connectivity index (χ3v) is 15.2. The zero-order valence-electron chi connectivity index (χ0n) is 40.4. The van der Waals surface area contributed by atoms with Crippen LogP contribution in [0.2, 0.25) is 0 Å². The summed E-state index contributed by atoms with van der Waals surface area (Å²) in [5.41, 5.74) is 15.0. The van der Waals surface area contributed by atoms with E-state index in [1.54, 1.807) is 0 Å². The van der Waals surface area contributed by atoms with Crippen LogP contribution in [-0.2, 0) is 0 Å². The molecular formula is C69H50N4. The van der Waals surface area contributed by atoms with Crippen molar-refractivity contribution >= 4 is 99.3 Å². The maximum atomic E-state index is 2.53. The van der Waals surface area contributed by atoms with Crippen molar-refractivity contribution in [3.8, 4) is 16.8 Å². The molecule has 4 heteroatoms. The third kappa shape index (κ3) is 7.13. The fourth-order valence-corrected chi connectivity index (χ4v) is 11.7. The van der Waals surface area contributed by atoms with Crippen molar-refractivity contribution in [1.29, 1.82) is 0 Å². The predicted molar refractivity (Wildman–Crippen MR) is 310 cm³/mol. The van der Waals surface area contributed by atoms with E-state index in [4.69, 9.17) is 0 Å². The van der Waals surface area contributed by atoms with Gasteiger partial charge in [-0.05, 0) is 125 Å². The fraction of sp³-hybridized carbons (Fsp3) is 0.0435. The molecule has 2 unspecified atom stereocenters. The van der Waals surface area contributed by atoms with E-state index >= 15 is 0 Å². The second-order valence-corrected chi connectivity index (χ2v) is 19.4. The number of rotatable bonds is 9. The van der Waals surface area contributed by atoms with Gasteiger partial charge < -0.3 is 18.9 Å². The smallest absolute Gasteiger partial charge is 0.0585 e. The summed E-state index contributed by atoms with van der Waals surface area (Å²) in [6, 6.07) is 91.4. The molecule has 0 radical (unpaired) electrons. The molecule has 4 nitrogen and oxygen atoms in total. The number of allylic oxidation sites excluding steroid dienone is 4. The van der Waals surface area contributed by atoms with Crippen LogP contribution in [0.15, 0.2) is 273 Å². The minimum absolute atomic E-state index is 0.235. The molecule has 346 valence electrons. The average molecular weight is 935 g/mol. The number of hydrogen-bond acceptors (Lipinski definition) is 2. The van der Waals surface area contributed by atoms with Crippen LogP contribution in [0, 0.1) is 5.92 Å². The SMILES string of the molecule is CC1C=CC=CC1n1c2ccccc2c2cc(N(c3ccc(-c4ccc(N(c5ccc6c(c5)c5ccccc5n6-c5ccccc5)c5cccc6ccccc56)cc4)cc3)c3cccc4ccccc34)ccc21. The van der Waals surface area contributed by atoms with Gasteiger partial charge in [0.2, 0.25) is 0 Å². The molecule has 73 heavy (non-hydrogen) atoms. The summed E-state index contributed by atoms with van der Waals surface area (Å²) in [7, 11) is 0. The second-order valence-electron chi connectivity index (χ2n) is 19.4. The lowest BCUT2D eigenvalue weighted by Crippen LogP contribution is -2.15. The zero-order chi connectivity index (χ0) is 48.4. The van der Waals surface area contributed by atoms with E-state index in [2.05, 4.69) is 299 Å². The van der Waals surface area contributed by atoms with Gasteiger partial charge in [0, 0.05) is 71.8 Å². The summed E-state index contributed by atoms with van der Waals surface area (Å²) in [4.78, 5) is 4.85. The van der Waals surface area contributed by atoms with Crippen molar-refractivity contribution in [2.75, 3.05) is 9.80 Å². The third-order valence-electron chi connectivity index (χ3n) is 15.2. The van der Waals surface area contributed by atoms with E-state index in [1.807, 2.05) is 0 Å². The predicted octanol–water partition coefficient (Wildman–Crippen LogP) is 19.1. The molecule has 1 aliphatic carbocycles. The highest BCUT2D eigenvalue weighted by Gasteiger charge is 2.24. The van der Waals surface area contributed by atoms with Crippen LogP contribution in [0.1, 0.15) is 13.0 Å². The Balaban J connectivity index is 0.866. The van der Waals surface area contributed by atoms with Gasteiger partial charge in [-0.1, -0.05) is 183 Å². The maximum Gasteiger partial charge on any atom is 0.0585 e. The second kappa shape index (κ2) is 17.5. The van der Waals surface area contributed by atoms with Crippen LogP contribution in [0.25, 0.3) is 82.0 Å². The fourth-order valence-electron chi connectivity index (χ4n) is 11.7. The highest BCUT2D eigenvalue weighted by Crippen LogP contribution is 2.46. The Bertz CT molecular complexity index is 4280. The molecule has 0 saturated heterocycles. The molecule has 0 N–H and O–H groups in total. The lowest BCUT2D eigenvalue weighted by molar-refractivity contribution is 0.510. The molecule has 0 fully saturated rings. The molecule has 2 atom stereocenters. The minimum Gasteiger partial charge on any atom is -0.333 e. The first-order valence-corrected chi connectivity index (χ1v) is 25.4. The number of hydrogen-bond donors (Lipinski definition) is 0. The van der Waals surface area contributed by atoms with Gasteiger partial charge in [0.05, 0.1) is 28.5 Å². The van der Waals surface area contributed by atoms with E-state index in [-0.39, 0.29) is 6.04 Å². The molecule has 11 aromatic carbocycles. The Morgan fingerprint density at radius 2 is 0.753 bits per heavy atom. The Kier molecular flexibility index (Phi) is 10.2. The van der Waals surface area contributed by atoms with Gasteiger partial charge >= 0.3 is 0 Å². The highest BCUT2D eigenvalue weighted by molar-refractivity contribution is 6.12. The highest BCUT2D eigenvalue weighted by atomic mass is 15.2. The van der Waals surface area contributed by atoms with Gasteiger partial charge in [-0.25, -0.2) is 0 Å². The molecule has 13 aromatic rings. The first-order valence-electron chi connectivity index (χ1n) is 25.4. The lowest BCUT2D eigenvalue weighted by Gasteiger charge is -2.28. The van der Waals surface area contributed by atoms with Gasteiger partial charge in [0.1, 0.15) is 0 Å². The topological polar surface area (TPSA) is 16.3 Å². The Morgan fingerprint density at radius 3 is 1.34 bits per heavy atom. The number of aromatic nitrogens is 2. The molecule has 0 bridgehead atoms. The van der Waals surface area contributed by atoms with Crippen molar-refractivity contribution in [2.24, 2.45) is 5.92 Å². The van der Waals surface area contributed by atoms with Crippen LogP contribution in [0.3, 0.4) is 0 Å². The number of para-hydroxylation sites is 3. The van der Waals surface area contributed by atoms with Crippen LogP contribution in [0.5, 0.6) is 0 Å². The Labute approximate surface area is 424 Å². The van der Waals surface area contributed by atoms with Crippen molar-refractivity contribution in [3.63, 3.8) is 0 Å². The molecule has 2 aromatic heterocycles. The van der Waals surface area contributed by atoms with E-state index in [1.165, 1.54) is 65.2 Å². The zero-order valence-corrected chi connectivity index (χ0v) is 40.4. The van der Waals surface area contributed by atoms with Crippen LogP contribution in [-0.4, -0.2) is 9.13 Å². The standard InChI is InChI=1S/C69H50N4/c1-47-17-5-12-28-63(47)73-67-30-14-11-27-60(67)62-46-56(42-44-69(62)73)71(65-32-16-21-51-19-7-9-25-58(51)65)54-39-35-49(36-40-54)48-33-37-53(38-34-48)70(64-31-15-20-50-18-6-8-24-57(50)64)55-41-43-68-61(45-55)59-26-10-13-29-66(59)72(68)52-22-3-2-4-23-52/h2-47,63H,1H3. The van der Waals surface area contributed by atoms with E-state index in [9.17, 15) is 0 Å². The van der Waals surface area contributed by atoms with Gasteiger partial charge in [-0.15, -0.1) is 0 Å². The summed E-state index contributed by atoms with van der Waals surface area (Å²) in [5.74, 6) is 0.379. The van der Waals surface area contributed by atoms with Crippen LogP contribution in [0.4, 0.5) is 34.1 Å². The van der Waals surface area contributed by atoms with E-state index < -0.39 is 0 Å². The van der Waals surface area contributed by atoms with Crippen LogP contribution >= 0.6 is 0 Å². The number of anilines is 6. The number of fused-ring (bicyclic) bond motifs is 8. The Hall–Kier alpha value is -9.38. The van der Waals surface area contributed by atoms with Crippen molar-refractivity contribution in [1.82, 2.24) is 9.13 Å². The average Bonchev–Trinajstić information content (AvgIpc) is 3.96. The Morgan fingerprint density at radius 1 is 0.329 bits per heavy atom. The van der Waals surface area contributed by atoms with Crippen molar-refractivity contribution in [3.05, 3.63) is 273 Å². The van der Waals surface area contributed by atoms with Crippen LogP contribution < -0.4 is 9.80 Å². The molecule has 0 amide bonds. The summed E-state index contributed by atoms with van der Waals surface area (Å²) in [6.45, 7) is 2.31. The monoisotopic (exact) mass is 934 g/mol. The maximum absolute atomic E-state index is 2.53. The molecule has 14 rings (SSSR count). The summed E-state index contributed by atoms with van der Waals surface area (Å²) in [5, 5.41) is 9.78. The summed E-state index contributed by atoms with van der Waals surface area (Å²) in [6.07, 6.45) is 9.02. The van der Waals surface area contributed by atoms with Gasteiger partial charge in [-0.2, -0.15) is 0 Å². The first kappa shape index (κ1) is 42.5. The van der Waals surface area contributed by atoms with Crippen molar-refractivity contribution < 1.29 is 0 Å². The molecule has 1 aliphatic rings. The molecule has 0 saturated carbocycles. The van der Waals surface area contributed by atoms with E-state index in [0.717, 1.165) is 50.9 Å². The molecular weight excluding hydrogens is 885 g/mol. The summed E-state index contributed by atoms with van der Waals surface area (Å²) >= 11 is 0.